The summed E-state index contributed by atoms with van der Waals surface area (Å²) in [5, 5.41) is 11.6. The van der Waals surface area contributed by atoms with Crippen LogP contribution in [-0.4, -0.2) is 22.7 Å². The molecule has 3 heteroatoms. The predicted molar refractivity (Wildman–Crippen MR) is 44.2 cm³/mol. The number of nitrogens with one attached hydrogen (secondary N) is 1. The molecular weight excluding hydrogens is 142 g/mol. The van der Waals surface area contributed by atoms with E-state index in [1.165, 1.54) is 6.92 Å². The molecule has 0 radical (unpaired) electrons. The van der Waals surface area contributed by atoms with Gasteiger partial charge in [-0.05, 0) is 27.2 Å². The van der Waals surface area contributed by atoms with Gasteiger partial charge in [-0.15, -0.1) is 0 Å². The Morgan fingerprint density at radius 1 is 1.64 bits per heavy atom. The van der Waals surface area contributed by atoms with Gasteiger partial charge in [0.25, 0.3) is 0 Å². The normalized spacial score (nSPS) is 14.3. The summed E-state index contributed by atoms with van der Waals surface area (Å²) in [6, 6.07) is 0. The Bertz CT molecular complexity index is 141. The van der Waals surface area contributed by atoms with E-state index in [4.69, 9.17) is 5.11 Å². The first-order valence-corrected chi connectivity index (χ1v) is 3.89. The van der Waals surface area contributed by atoms with E-state index >= 15 is 0 Å². The Morgan fingerprint density at radius 3 is 2.36 bits per heavy atom. The molecule has 1 unspecified atom stereocenters. The molecule has 11 heavy (non-hydrogen) atoms. The minimum absolute atomic E-state index is 0.214. The van der Waals surface area contributed by atoms with Gasteiger partial charge in [-0.2, -0.15) is 0 Å². The first-order chi connectivity index (χ1) is 4.89. The molecule has 0 aromatic rings. The van der Waals surface area contributed by atoms with Crippen LogP contribution in [0.5, 0.6) is 0 Å². The summed E-state index contributed by atoms with van der Waals surface area (Å²) in [7, 11) is 0. The Morgan fingerprint density at radius 2 is 2.09 bits per heavy atom. The van der Waals surface area contributed by atoms with Crippen LogP contribution in [0, 0.1) is 0 Å². The standard InChI is InChI=1S/C8H17NO2/c1-5-8(3,4)9-7(11)6(2)10/h6,10H,5H2,1-4H3,(H,9,11). The number of hydrogen-bond donors (Lipinski definition) is 2. The zero-order valence-electron chi connectivity index (χ0n) is 7.64. The number of rotatable bonds is 3. The van der Waals surface area contributed by atoms with Crippen LogP contribution in [0.25, 0.3) is 0 Å². The molecule has 0 aromatic carbocycles. The van der Waals surface area contributed by atoms with Crippen molar-refractivity contribution in [3.8, 4) is 0 Å². The van der Waals surface area contributed by atoms with Crippen molar-refractivity contribution in [2.24, 2.45) is 0 Å². The van der Waals surface area contributed by atoms with Crippen LogP contribution >= 0.6 is 0 Å². The van der Waals surface area contributed by atoms with Crippen LogP contribution < -0.4 is 5.32 Å². The number of carbonyl (C=O) groups is 1. The van der Waals surface area contributed by atoms with Crippen molar-refractivity contribution in [1.82, 2.24) is 5.32 Å². The van der Waals surface area contributed by atoms with Crippen molar-refractivity contribution in [2.75, 3.05) is 0 Å². The third-order valence-corrected chi connectivity index (χ3v) is 1.72. The van der Waals surface area contributed by atoms with Crippen LogP contribution in [0.2, 0.25) is 0 Å². The largest absolute Gasteiger partial charge is 0.384 e. The highest BCUT2D eigenvalue weighted by Gasteiger charge is 2.19. The molecule has 0 aromatic heterocycles. The monoisotopic (exact) mass is 159 g/mol. The second-order valence-electron chi connectivity index (χ2n) is 3.40. The number of amides is 1. The number of carbonyl (C=O) groups excluding carboxylic acids is 1. The van der Waals surface area contributed by atoms with E-state index in [1.807, 2.05) is 20.8 Å². The second kappa shape index (κ2) is 3.72. The molecule has 0 aliphatic carbocycles. The number of aliphatic hydroxyl groups is 1. The molecule has 0 heterocycles. The molecule has 3 nitrogen and oxygen atoms in total. The SMILES string of the molecule is CCC(C)(C)NC(=O)C(C)O. The summed E-state index contributed by atoms with van der Waals surface area (Å²) >= 11 is 0. The lowest BCUT2D eigenvalue weighted by Crippen LogP contribution is -2.46. The van der Waals surface area contributed by atoms with Gasteiger partial charge in [0, 0.05) is 5.54 Å². The fourth-order valence-electron chi connectivity index (χ4n) is 0.526. The lowest BCUT2D eigenvalue weighted by Gasteiger charge is -2.25. The van der Waals surface area contributed by atoms with E-state index in [-0.39, 0.29) is 11.4 Å². The van der Waals surface area contributed by atoms with Crippen molar-refractivity contribution in [1.29, 1.82) is 0 Å². The summed E-state index contributed by atoms with van der Waals surface area (Å²) in [4.78, 5) is 11.0. The van der Waals surface area contributed by atoms with Crippen LogP contribution in [-0.2, 0) is 4.79 Å². The molecule has 0 saturated heterocycles. The van der Waals surface area contributed by atoms with Gasteiger partial charge in [0.2, 0.25) is 5.91 Å². The Hall–Kier alpha value is -0.570. The third kappa shape index (κ3) is 3.98. The molecule has 0 spiro atoms. The first-order valence-electron chi connectivity index (χ1n) is 3.89. The Balaban J connectivity index is 3.94. The second-order valence-corrected chi connectivity index (χ2v) is 3.40. The summed E-state index contributed by atoms with van der Waals surface area (Å²) in [5.74, 6) is -0.308. The third-order valence-electron chi connectivity index (χ3n) is 1.72. The van der Waals surface area contributed by atoms with E-state index in [0.29, 0.717) is 0 Å². The van der Waals surface area contributed by atoms with E-state index in [2.05, 4.69) is 5.32 Å². The maximum Gasteiger partial charge on any atom is 0.248 e. The lowest BCUT2D eigenvalue weighted by atomic mass is 10.0. The lowest BCUT2D eigenvalue weighted by molar-refractivity contribution is -0.130. The van der Waals surface area contributed by atoms with Gasteiger partial charge < -0.3 is 10.4 Å². The molecule has 2 N–H and O–H groups in total. The van der Waals surface area contributed by atoms with E-state index < -0.39 is 6.10 Å². The van der Waals surface area contributed by atoms with Gasteiger partial charge in [-0.3, -0.25) is 4.79 Å². The predicted octanol–water partition coefficient (Wildman–Crippen LogP) is 0.672. The highest BCUT2D eigenvalue weighted by atomic mass is 16.3. The van der Waals surface area contributed by atoms with Gasteiger partial charge in [-0.1, -0.05) is 6.92 Å². The molecule has 0 saturated carbocycles. The van der Waals surface area contributed by atoms with E-state index in [0.717, 1.165) is 6.42 Å². The van der Waals surface area contributed by atoms with Crippen molar-refractivity contribution in [2.45, 2.75) is 45.8 Å². The van der Waals surface area contributed by atoms with Crippen LogP contribution in [0.1, 0.15) is 34.1 Å². The summed E-state index contributed by atoms with van der Waals surface area (Å²) in [6.07, 6.45) is -0.0633. The summed E-state index contributed by atoms with van der Waals surface area (Å²) in [6.45, 7) is 7.30. The van der Waals surface area contributed by atoms with Gasteiger partial charge in [0.05, 0.1) is 0 Å². The zero-order chi connectivity index (χ0) is 9.07. The number of aliphatic hydroxyl groups excluding tert-OH is 1. The molecule has 0 rings (SSSR count). The topological polar surface area (TPSA) is 49.3 Å². The first kappa shape index (κ1) is 10.4. The minimum atomic E-state index is -0.916. The van der Waals surface area contributed by atoms with Crippen LogP contribution in [0.15, 0.2) is 0 Å². The Kier molecular flexibility index (Phi) is 3.52. The average Bonchev–Trinajstić information content (AvgIpc) is 1.87. The van der Waals surface area contributed by atoms with Crippen LogP contribution in [0.4, 0.5) is 0 Å². The van der Waals surface area contributed by atoms with Crippen molar-refractivity contribution < 1.29 is 9.90 Å². The maximum atomic E-state index is 11.0. The van der Waals surface area contributed by atoms with Crippen molar-refractivity contribution in [3.63, 3.8) is 0 Å². The molecule has 1 amide bonds. The molecule has 0 bridgehead atoms. The molecular formula is C8H17NO2. The van der Waals surface area contributed by atoms with Gasteiger partial charge in [0.15, 0.2) is 0 Å². The minimum Gasteiger partial charge on any atom is -0.384 e. The summed E-state index contributed by atoms with van der Waals surface area (Å²) < 4.78 is 0. The smallest absolute Gasteiger partial charge is 0.248 e. The van der Waals surface area contributed by atoms with Gasteiger partial charge >= 0.3 is 0 Å². The van der Waals surface area contributed by atoms with Crippen molar-refractivity contribution in [3.05, 3.63) is 0 Å². The fraction of sp³-hybridized carbons (Fsp3) is 0.875. The zero-order valence-corrected chi connectivity index (χ0v) is 7.64. The highest BCUT2D eigenvalue weighted by Crippen LogP contribution is 2.06. The fourth-order valence-corrected chi connectivity index (χ4v) is 0.526. The molecule has 0 aliphatic rings. The van der Waals surface area contributed by atoms with E-state index in [9.17, 15) is 4.79 Å². The molecule has 1 atom stereocenters. The van der Waals surface area contributed by atoms with Gasteiger partial charge in [-0.25, -0.2) is 0 Å². The highest BCUT2D eigenvalue weighted by molar-refractivity contribution is 5.80. The average molecular weight is 159 g/mol. The molecule has 66 valence electrons. The van der Waals surface area contributed by atoms with Crippen LogP contribution in [0.3, 0.4) is 0 Å². The number of hydrogen-bond acceptors (Lipinski definition) is 2. The van der Waals surface area contributed by atoms with E-state index in [1.54, 1.807) is 0 Å². The van der Waals surface area contributed by atoms with Gasteiger partial charge in [0.1, 0.15) is 6.10 Å². The Labute approximate surface area is 67.8 Å². The quantitative estimate of drug-likeness (QED) is 0.636. The maximum absolute atomic E-state index is 11.0. The van der Waals surface area contributed by atoms with Crippen molar-refractivity contribution >= 4 is 5.91 Å². The molecule has 0 aliphatic heterocycles. The molecule has 0 fully saturated rings. The summed E-state index contributed by atoms with van der Waals surface area (Å²) in [5.41, 5.74) is -0.214.